The third-order valence-corrected chi connectivity index (χ3v) is 4.15. The molecule has 1 heterocycles. The second kappa shape index (κ2) is 7.85. The first-order valence-corrected chi connectivity index (χ1v) is 9.15. The van der Waals surface area contributed by atoms with Crippen LogP contribution in [0, 0.1) is 0 Å². The van der Waals surface area contributed by atoms with Gasteiger partial charge in [0.1, 0.15) is 5.60 Å². The molecule has 0 aliphatic rings. The minimum Gasteiger partial charge on any atom is -0.443 e. The molecule has 0 amide bonds. The largest absolute Gasteiger partial charge is 0.443 e. The molecule has 0 bridgehead atoms. The first-order chi connectivity index (χ1) is 12.8. The highest BCUT2D eigenvalue weighted by Crippen LogP contribution is 2.27. The van der Waals surface area contributed by atoms with E-state index in [9.17, 15) is 4.79 Å². The lowest BCUT2D eigenvalue weighted by atomic mass is 10.0. The zero-order valence-electron chi connectivity index (χ0n) is 15.6. The van der Waals surface area contributed by atoms with Crippen molar-refractivity contribution < 1.29 is 9.53 Å². The second-order valence-electron chi connectivity index (χ2n) is 7.22. The Bertz CT molecular complexity index is 963. The molecule has 138 valence electrons. The fourth-order valence-corrected chi connectivity index (χ4v) is 2.83. The predicted octanol–water partition coefficient (Wildman–Crippen LogP) is 6.76. The molecule has 0 spiro atoms. The number of aromatic nitrogens is 1. The van der Waals surface area contributed by atoms with E-state index in [-0.39, 0.29) is 6.09 Å². The van der Waals surface area contributed by atoms with Crippen molar-refractivity contribution in [2.75, 3.05) is 0 Å². The number of hydrogen-bond donors (Lipinski definition) is 0. The average Bonchev–Trinajstić information content (AvgIpc) is 3.10. The number of carbonyl (C=O) groups excluding carboxylic acids is 1. The fraction of sp³-hybridized carbons (Fsp3) is 0.174. The van der Waals surface area contributed by atoms with Crippen LogP contribution >= 0.6 is 11.6 Å². The van der Waals surface area contributed by atoms with Crippen molar-refractivity contribution in [2.45, 2.75) is 26.4 Å². The molecule has 4 heteroatoms. The molecule has 27 heavy (non-hydrogen) atoms. The minimum atomic E-state index is -0.549. The van der Waals surface area contributed by atoms with Gasteiger partial charge in [-0.05, 0) is 56.2 Å². The zero-order valence-corrected chi connectivity index (χ0v) is 16.4. The van der Waals surface area contributed by atoms with Crippen LogP contribution in [-0.2, 0) is 4.74 Å². The van der Waals surface area contributed by atoms with Crippen LogP contribution in [0.4, 0.5) is 4.79 Å². The van der Waals surface area contributed by atoms with Gasteiger partial charge in [0.05, 0.1) is 5.69 Å². The number of carbonyl (C=O) groups is 1. The van der Waals surface area contributed by atoms with Gasteiger partial charge in [0, 0.05) is 16.8 Å². The SMILES string of the molecule is CC(C)(C)OC(=O)n1cccc1-c1ccccc1/C=C/c1ccc(Cl)cc1. The third-order valence-electron chi connectivity index (χ3n) is 3.90. The summed E-state index contributed by atoms with van der Waals surface area (Å²) in [5.74, 6) is 0. The zero-order chi connectivity index (χ0) is 19.4. The van der Waals surface area contributed by atoms with Crippen molar-refractivity contribution in [3.8, 4) is 11.3 Å². The minimum absolute atomic E-state index is 0.390. The maximum absolute atomic E-state index is 12.5. The van der Waals surface area contributed by atoms with Crippen LogP contribution in [0.1, 0.15) is 31.9 Å². The van der Waals surface area contributed by atoms with Gasteiger partial charge in [0.25, 0.3) is 0 Å². The van der Waals surface area contributed by atoms with Crippen molar-refractivity contribution in [1.82, 2.24) is 4.57 Å². The van der Waals surface area contributed by atoms with Crippen molar-refractivity contribution >= 4 is 29.8 Å². The predicted molar refractivity (Wildman–Crippen MR) is 112 cm³/mol. The van der Waals surface area contributed by atoms with Crippen LogP contribution in [0.25, 0.3) is 23.4 Å². The number of rotatable bonds is 3. The molecule has 0 saturated heterocycles. The molecule has 0 aliphatic heterocycles. The molecule has 0 fully saturated rings. The third kappa shape index (κ3) is 4.89. The summed E-state index contributed by atoms with van der Waals surface area (Å²) in [6.45, 7) is 5.57. The van der Waals surface area contributed by atoms with E-state index in [2.05, 4.69) is 0 Å². The summed E-state index contributed by atoms with van der Waals surface area (Å²) in [4.78, 5) is 12.5. The van der Waals surface area contributed by atoms with Gasteiger partial charge in [0.15, 0.2) is 0 Å². The van der Waals surface area contributed by atoms with Gasteiger partial charge in [0.2, 0.25) is 0 Å². The highest BCUT2D eigenvalue weighted by Gasteiger charge is 2.20. The molecule has 3 aromatic rings. The van der Waals surface area contributed by atoms with E-state index in [1.807, 2.05) is 93.6 Å². The van der Waals surface area contributed by atoms with Crippen LogP contribution in [0.3, 0.4) is 0 Å². The van der Waals surface area contributed by atoms with Gasteiger partial charge >= 0.3 is 6.09 Å². The smallest absolute Gasteiger partial charge is 0.418 e. The van der Waals surface area contributed by atoms with E-state index in [1.165, 1.54) is 0 Å². The standard InChI is InChI=1S/C23H22ClNO2/c1-23(2,3)27-22(26)25-16-6-9-21(25)20-8-5-4-7-18(20)13-10-17-11-14-19(24)15-12-17/h4-16H,1-3H3/b13-10+. The van der Waals surface area contributed by atoms with Crippen LogP contribution in [0.2, 0.25) is 5.02 Å². The molecule has 1 aromatic heterocycles. The number of halogens is 1. The highest BCUT2D eigenvalue weighted by atomic mass is 35.5. The van der Waals surface area contributed by atoms with Crippen LogP contribution < -0.4 is 0 Å². The van der Waals surface area contributed by atoms with Crippen molar-refractivity contribution in [3.05, 3.63) is 83.0 Å². The van der Waals surface area contributed by atoms with Crippen LogP contribution in [0.15, 0.2) is 66.9 Å². The molecule has 0 radical (unpaired) electrons. The summed E-state index contributed by atoms with van der Waals surface area (Å²) >= 11 is 5.94. The quantitative estimate of drug-likeness (QED) is 0.470. The van der Waals surface area contributed by atoms with Crippen molar-refractivity contribution in [1.29, 1.82) is 0 Å². The van der Waals surface area contributed by atoms with Crippen molar-refractivity contribution in [3.63, 3.8) is 0 Å². The summed E-state index contributed by atoms with van der Waals surface area (Å²) < 4.78 is 7.06. The van der Waals surface area contributed by atoms with E-state index < -0.39 is 5.60 Å². The molecule has 0 unspecified atom stereocenters. The Morgan fingerprint density at radius 1 is 0.963 bits per heavy atom. The average molecular weight is 380 g/mol. The van der Waals surface area contributed by atoms with Gasteiger partial charge in [-0.2, -0.15) is 0 Å². The van der Waals surface area contributed by atoms with Gasteiger partial charge < -0.3 is 4.74 Å². The Kier molecular flexibility index (Phi) is 5.52. The first kappa shape index (κ1) is 19.0. The van der Waals surface area contributed by atoms with E-state index in [1.54, 1.807) is 10.8 Å². The van der Waals surface area contributed by atoms with E-state index in [4.69, 9.17) is 16.3 Å². The molecular formula is C23H22ClNO2. The van der Waals surface area contributed by atoms with Gasteiger partial charge in [-0.25, -0.2) is 4.79 Å². The lowest BCUT2D eigenvalue weighted by molar-refractivity contribution is 0.0540. The number of ether oxygens (including phenoxy) is 1. The lowest BCUT2D eigenvalue weighted by Gasteiger charge is -2.20. The first-order valence-electron chi connectivity index (χ1n) is 8.77. The second-order valence-corrected chi connectivity index (χ2v) is 7.65. The van der Waals surface area contributed by atoms with Crippen LogP contribution in [0.5, 0.6) is 0 Å². The number of hydrogen-bond acceptors (Lipinski definition) is 2. The topological polar surface area (TPSA) is 31.2 Å². The van der Waals surface area contributed by atoms with Gasteiger partial charge in [-0.15, -0.1) is 0 Å². The number of nitrogens with zero attached hydrogens (tertiary/aromatic N) is 1. The maximum atomic E-state index is 12.5. The Labute approximate surface area is 164 Å². The summed E-state index contributed by atoms with van der Waals surface area (Å²) in [5, 5.41) is 0.711. The molecule has 0 N–H and O–H groups in total. The van der Waals surface area contributed by atoms with E-state index >= 15 is 0 Å². The fourth-order valence-electron chi connectivity index (χ4n) is 2.71. The molecule has 3 nitrogen and oxygen atoms in total. The Morgan fingerprint density at radius 2 is 1.67 bits per heavy atom. The molecule has 2 aromatic carbocycles. The monoisotopic (exact) mass is 379 g/mol. The number of benzene rings is 2. The maximum Gasteiger partial charge on any atom is 0.418 e. The molecular weight excluding hydrogens is 358 g/mol. The Morgan fingerprint density at radius 3 is 2.37 bits per heavy atom. The normalized spacial score (nSPS) is 11.7. The van der Waals surface area contributed by atoms with E-state index in [0.29, 0.717) is 5.02 Å². The van der Waals surface area contributed by atoms with E-state index in [0.717, 1.165) is 22.4 Å². The van der Waals surface area contributed by atoms with Gasteiger partial charge in [-0.3, -0.25) is 4.57 Å². The molecule has 0 atom stereocenters. The molecule has 0 saturated carbocycles. The lowest BCUT2D eigenvalue weighted by Crippen LogP contribution is -2.27. The Hall–Kier alpha value is -2.78. The molecule has 0 aliphatic carbocycles. The van der Waals surface area contributed by atoms with Crippen molar-refractivity contribution in [2.24, 2.45) is 0 Å². The summed E-state index contributed by atoms with van der Waals surface area (Å²) in [5.41, 5.74) is 3.26. The van der Waals surface area contributed by atoms with Crippen LogP contribution in [-0.4, -0.2) is 16.3 Å². The van der Waals surface area contributed by atoms with Gasteiger partial charge in [-0.1, -0.05) is 60.2 Å². The summed E-state index contributed by atoms with van der Waals surface area (Å²) in [6, 6.07) is 19.4. The summed E-state index contributed by atoms with van der Waals surface area (Å²) in [6.07, 6.45) is 5.39. The highest BCUT2D eigenvalue weighted by molar-refractivity contribution is 6.30. The molecule has 3 rings (SSSR count). The summed E-state index contributed by atoms with van der Waals surface area (Å²) in [7, 11) is 0. The Balaban J connectivity index is 1.94.